The minimum Gasteiger partial charge on any atom is -0.444 e. The van der Waals surface area contributed by atoms with Crippen LogP contribution < -0.4 is 9.80 Å². The molecular formula is C27H38N4O5S. The summed E-state index contributed by atoms with van der Waals surface area (Å²) in [5.41, 5.74) is 1.52. The number of carbonyl (C=O) groups excluding carboxylic acids is 2. The molecule has 10 heteroatoms. The maximum Gasteiger partial charge on any atom is 0.410 e. The van der Waals surface area contributed by atoms with Crippen LogP contribution in [0.2, 0.25) is 0 Å². The highest BCUT2D eigenvalue weighted by Gasteiger charge is 2.29. The molecule has 9 nitrogen and oxygen atoms in total. The normalized spacial score (nSPS) is 14.7. The molecule has 1 fully saturated rings. The van der Waals surface area contributed by atoms with Crippen molar-refractivity contribution in [3.63, 3.8) is 0 Å². The quantitative estimate of drug-likeness (QED) is 0.560. The highest BCUT2D eigenvalue weighted by atomic mass is 32.2. The Morgan fingerprint density at radius 2 is 1.49 bits per heavy atom. The van der Waals surface area contributed by atoms with Gasteiger partial charge >= 0.3 is 6.09 Å². The van der Waals surface area contributed by atoms with Crippen LogP contribution in [-0.2, 0) is 14.8 Å². The van der Waals surface area contributed by atoms with E-state index < -0.39 is 15.6 Å². The number of carbonyl (C=O) groups is 2. The van der Waals surface area contributed by atoms with Crippen molar-refractivity contribution in [3.05, 3.63) is 54.1 Å². The van der Waals surface area contributed by atoms with Crippen LogP contribution in [0.4, 0.5) is 16.2 Å². The van der Waals surface area contributed by atoms with Gasteiger partial charge in [0, 0.05) is 51.9 Å². The molecule has 0 atom stereocenters. The molecule has 0 spiro atoms. The lowest BCUT2D eigenvalue weighted by Gasteiger charge is -2.39. The zero-order chi connectivity index (χ0) is 27.5. The Morgan fingerprint density at radius 3 is 2.00 bits per heavy atom. The number of piperazine rings is 1. The molecule has 0 bridgehead atoms. The van der Waals surface area contributed by atoms with E-state index in [0.717, 1.165) is 15.7 Å². The molecule has 1 aliphatic heterocycles. The number of anilines is 2. The van der Waals surface area contributed by atoms with Gasteiger partial charge in [-0.05, 0) is 71.0 Å². The van der Waals surface area contributed by atoms with E-state index in [4.69, 9.17) is 4.74 Å². The summed E-state index contributed by atoms with van der Waals surface area (Å²) < 4.78 is 31.5. The molecule has 2 aromatic rings. The van der Waals surface area contributed by atoms with Gasteiger partial charge in [-0.25, -0.2) is 17.5 Å². The van der Waals surface area contributed by atoms with E-state index in [1.807, 2.05) is 58.9 Å². The number of ether oxygens (including phenoxy) is 1. The van der Waals surface area contributed by atoms with Crippen LogP contribution in [0.5, 0.6) is 0 Å². The predicted octanol–water partition coefficient (Wildman–Crippen LogP) is 4.05. The second-order valence-electron chi connectivity index (χ2n) is 10.5. The van der Waals surface area contributed by atoms with Crippen molar-refractivity contribution < 1.29 is 22.7 Å². The van der Waals surface area contributed by atoms with Gasteiger partial charge in [-0.3, -0.25) is 4.79 Å². The van der Waals surface area contributed by atoms with Crippen LogP contribution >= 0.6 is 0 Å². The molecule has 0 unspecified atom stereocenters. The minimum absolute atomic E-state index is 0.133. The van der Waals surface area contributed by atoms with E-state index in [9.17, 15) is 18.0 Å². The van der Waals surface area contributed by atoms with Crippen LogP contribution in [0.25, 0.3) is 0 Å². The molecule has 2 aromatic carbocycles. The van der Waals surface area contributed by atoms with Crippen molar-refractivity contribution in [3.8, 4) is 0 Å². The fraction of sp³-hybridized carbons (Fsp3) is 0.481. The number of hydrogen-bond acceptors (Lipinski definition) is 6. The lowest BCUT2D eigenvalue weighted by molar-refractivity contribution is 0.0240. The van der Waals surface area contributed by atoms with E-state index in [1.165, 1.54) is 26.2 Å². The Balaban J connectivity index is 1.84. The largest absolute Gasteiger partial charge is 0.444 e. The summed E-state index contributed by atoms with van der Waals surface area (Å²) in [4.78, 5) is 31.9. The molecule has 0 radical (unpaired) electrons. The minimum atomic E-state index is -3.59. The van der Waals surface area contributed by atoms with Crippen LogP contribution in [0.3, 0.4) is 0 Å². The van der Waals surface area contributed by atoms with E-state index in [1.54, 1.807) is 21.9 Å². The first-order valence-electron chi connectivity index (χ1n) is 12.4. The van der Waals surface area contributed by atoms with Gasteiger partial charge in [0.25, 0.3) is 5.91 Å². The Labute approximate surface area is 220 Å². The van der Waals surface area contributed by atoms with Crippen molar-refractivity contribution in [2.45, 2.75) is 51.2 Å². The van der Waals surface area contributed by atoms with Gasteiger partial charge in [0.05, 0.1) is 16.3 Å². The van der Waals surface area contributed by atoms with Gasteiger partial charge in [0.15, 0.2) is 0 Å². The van der Waals surface area contributed by atoms with Gasteiger partial charge < -0.3 is 19.4 Å². The van der Waals surface area contributed by atoms with Crippen molar-refractivity contribution >= 4 is 33.4 Å². The molecule has 0 aliphatic carbocycles. The van der Waals surface area contributed by atoms with Crippen LogP contribution in [0, 0.1) is 0 Å². The molecule has 202 valence electrons. The van der Waals surface area contributed by atoms with Crippen molar-refractivity contribution in [1.82, 2.24) is 9.21 Å². The summed E-state index contributed by atoms with van der Waals surface area (Å²) in [5, 5.41) is 0. The predicted molar refractivity (Wildman–Crippen MR) is 146 cm³/mol. The first-order valence-corrected chi connectivity index (χ1v) is 13.8. The van der Waals surface area contributed by atoms with Gasteiger partial charge in [-0.2, -0.15) is 0 Å². The number of benzene rings is 2. The van der Waals surface area contributed by atoms with Gasteiger partial charge in [0.1, 0.15) is 5.60 Å². The van der Waals surface area contributed by atoms with Crippen molar-refractivity contribution in [2.24, 2.45) is 0 Å². The number of para-hydroxylation sites is 2. The van der Waals surface area contributed by atoms with Crippen LogP contribution in [0.1, 0.15) is 45.0 Å². The highest BCUT2D eigenvalue weighted by molar-refractivity contribution is 7.89. The van der Waals surface area contributed by atoms with E-state index in [-0.39, 0.29) is 22.9 Å². The highest BCUT2D eigenvalue weighted by Crippen LogP contribution is 2.33. The van der Waals surface area contributed by atoms with E-state index in [2.05, 4.69) is 4.90 Å². The topological polar surface area (TPSA) is 90.5 Å². The molecule has 2 amide bonds. The molecule has 3 rings (SSSR count). The summed E-state index contributed by atoms with van der Waals surface area (Å²) in [6.45, 7) is 11.7. The summed E-state index contributed by atoms with van der Waals surface area (Å²) in [6, 6.07) is 13.6. The molecule has 1 heterocycles. The summed E-state index contributed by atoms with van der Waals surface area (Å²) in [6.07, 6.45) is -0.320. The Kier molecular flexibility index (Phi) is 8.54. The second-order valence-corrected chi connectivity index (χ2v) is 12.7. The SMILES string of the molecule is CC(C)N(C(=O)c1ccc(S(=O)(=O)N(C)C)cc1)c1ccccc1N1CCN(C(=O)OC(C)(C)C)CC1. The fourth-order valence-electron chi connectivity index (χ4n) is 4.13. The zero-order valence-electron chi connectivity index (χ0n) is 22.8. The second kappa shape index (κ2) is 11.1. The smallest absolute Gasteiger partial charge is 0.410 e. The lowest BCUT2D eigenvalue weighted by atomic mass is 10.1. The number of sulfonamides is 1. The number of rotatable bonds is 6. The number of nitrogens with zero attached hydrogens (tertiary/aromatic N) is 4. The Bertz CT molecular complexity index is 1210. The lowest BCUT2D eigenvalue weighted by Crippen LogP contribution is -2.50. The summed E-state index contributed by atoms with van der Waals surface area (Å²) in [7, 11) is -0.643. The molecular weight excluding hydrogens is 492 g/mol. The number of hydrogen-bond donors (Lipinski definition) is 0. The molecule has 0 saturated carbocycles. The van der Waals surface area contributed by atoms with Crippen molar-refractivity contribution in [2.75, 3.05) is 50.1 Å². The number of amides is 2. The average molecular weight is 531 g/mol. The van der Waals surface area contributed by atoms with Crippen LogP contribution in [0.15, 0.2) is 53.4 Å². The van der Waals surface area contributed by atoms with Gasteiger partial charge in [-0.1, -0.05) is 12.1 Å². The standard InChI is InChI=1S/C27H38N4O5S/c1-20(2)31(25(32)21-12-14-22(15-13-21)37(34,35)28(6)7)24-11-9-8-10-23(24)29-16-18-30(19-17-29)26(33)36-27(3,4)5/h8-15,20H,16-19H2,1-7H3. The first kappa shape index (κ1) is 28.5. The third-order valence-corrected chi connectivity index (χ3v) is 7.86. The average Bonchev–Trinajstić information content (AvgIpc) is 2.83. The third-order valence-electron chi connectivity index (χ3n) is 6.03. The first-order chi connectivity index (χ1) is 17.2. The maximum absolute atomic E-state index is 13.7. The summed E-state index contributed by atoms with van der Waals surface area (Å²) >= 11 is 0. The fourth-order valence-corrected chi connectivity index (χ4v) is 5.03. The summed E-state index contributed by atoms with van der Waals surface area (Å²) in [5.74, 6) is -0.219. The maximum atomic E-state index is 13.7. The molecule has 0 aromatic heterocycles. The van der Waals surface area contributed by atoms with Gasteiger partial charge in [0.2, 0.25) is 10.0 Å². The molecule has 1 aliphatic rings. The third kappa shape index (κ3) is 6.61. The Hall–Kier alpha value is -3.11. The van der Waals surface area contributed by atoms with Crippen molar-refractivity contribution in [1.29, 1.82) is 0 Å². The van der Waals surface area contributed by atoms with Gasteiger partial charge in [-0.15, -0.1) is 0 Å². The zero-order valence-corrected chi connectivity index (χ0v) is 23.6. The van der Waals surface area contributed by atoms with E-state index in [0.29, 0.717) is 31.7 Å². The van der Waals surface area contributed by atoms with Crippen LogP contribution in [-0.4, -0.2) is 81.5 Å². The van der Waals surface area contributed by atoms with E-state index >= 15 is 0 Å². The molecule has 1 saturated heterocycles. The Morgan fingerprint density at radius 1 is 0.919 bits per heavy atom. The molecule has 37 heavy (non-hydrogen) atoms. The monoisotopic (exact) mass is 530 g/mol. The molecule has 0 N–H and O–H groups in total.